The van der Waals surface area contributed by atoms with E-state index in [4.69, 9.17) is 14.2 Å². The first-order valence-corrected chi connectivity index (χ1v) is 27.5. The minimum atomic E-state index is -0.807. The number of ether oxygens (including phenoxy) is 3. The molecule has 0 bridgehead atoms. The van der Waals surface area contributed by atoms with Crippen LogP contribution in [0.1, 0.15) is 239 Å². The van der Waals surface area contributed by atoms with Crippen LogP contribution in [0, 0.1) is 0 Å². The number of hydrogen-bond donors (Lipinski definition) is 0. The Labute approximate surface area is 412 Å². The predicted octanol–water partition coefficient (Wildman–Crippen LogP) is 18.3. The summed E-state index contributed by atoms with van der Waals surface area (Å²) in [7, 11) is 0. The Morgan fingerprint density at radius 2 is 0.582 bits per heavy atom. The summed E-state index contributed by atoms with van der Waals surface area (Å²) in [6, 6.07) is 0. The summed E-state index contributed by atoms with van der Waals surface area (Å²) >= 11 is 0. The highest BCUT2D eigenvalue weighted by atomic mass is 16.6. The van der Waals surface area contributed by atoms with E-state index in [0.29, 0.717) is 19.3 Å². The van der Waals surface area contributed by atoms with E-state index in [0.717, 1.165) is 128 Å². The Hall–Kier alpha value is -3.93. The van der Waals surface area contributed by atoms with Crippen molar-refractivity contribution in [2.24, 2.45) is 0 Å². The molecule has 6 nitrogen and oxygen atoms in total. The van der Waals surface area contributed by atoms with Crippen LogP contribution < -0.4 is 0 Å². The maximum atomic E-state index is 12.8. The largest absolute Gasteiger partial charge is 0.462 e. The van der Waals surface area contributed by atoms with Crippen LogP contribution in [0.15, 0.2) is 109 Å². The average Bonchev–Trinajstić information content (AvgIpc) is 3.33. The van der Waals surface area contributed by atoms with Crippen molar-refractivity contribution < 1.29 is 28.6 Å². The number of esters is 3. The summed E-state index contributed by atoms with van der Waals surface area (Å²) in [5.74, 6) is -0.964. The lowest BCUT2D eigenvalue weighted by Crippen LogP contribution is -2.30. The lowest BCUT2D eigenvalue weighted by molar-refractivity contribution is -0.167. The zero-order valence-electron chi connectivity index (χ0n) is 43.4. The maximum Gasteiger partial charge on any atom is 0.306 e. The number of allylic oxidation sites excluding steroid dienone is 18. The Kier molecular flexibility index (Phi) is 51.5. The van der Waals surface area contributed by atoms with Crippen LogP contribution in [0.2, 0.25) is 0 Å². The first-order chi connectivity index (χ1) is 33.0. The van der Waals surface area contributed by atoms with E-state index in [1.807, 2.05) is 0 Å². The molecule has 6 heteroatoms. The molecule has 0 saturated carbocycles. The van der Waals surface area contributed by atoms with Gasteiger partial charge in [0.2, 0.25) is 0 Å². The fourth-order valence-corrected chi connectivity index (χ4v) is 7.27. The van der Waals surface area contributed by atoms with Gasteiger partial charge in [-0.15, -0.1) is 0 Å². The minimum Gasteiger partial charge on any atom is -0.462 e. The van der Waals surface area contributed by atoms with Gasteiger partial charge in [-0.3, -0.25) is 14.4 Å². The van der Waals surface area contributed by atoms with Gasteiger partial charge in [0.05, 0.1) is 0 Å². The number of unbranched alkanes of at least 4 members (excludes halogenated alkanes) is 25. The molecule has 0 aliphatic rings. The molecule has 0 aromatic heterocycles. The van der Waals surface area contributed by atoms with Crippen molar-refractivity contribution in [1.82, 2.24) is 0 Å². The van der Waals surface area contributed by atoms with E-state index in [9.17, 15) is 14.4 Å². The summed E-state index contributed by atoms with van der Waals surface area (Å²) in [6.07, 6.45) is 73.5. The molecule has 380 valence electrons. The Morgan fingerprint density at radius 1 is 0.313 bits per heavy atom. The van der Waals surface area contributed by atoms with Crippen LogP contribution in [-0.2, 0) is 28.6 Å². The summed E-state index contributed by atoms with van der Waals surface area (Å²) < 4.78 is 16.8. The van der Waals surface area contributed by atoms with Gasteiger partial charge < -0.3 is 14.2 Å². The van der Waals surface area contributed by atoms with Gasteiger partial charge in [0, 0.05) is 19.3 Å². The number of hydrogen-bond acceptors (Lipinski definition) is 6. The van der Waals surface area contributed by atoms with Crippen LogP contribution in [0.4, 0.5) is 0 Å². The van der Waals surface area contributed by atoms with Crippen LogP contribution >= 0.6 is 0 Å². The van der Waals surface area contributed by atoms with Crippen molar-refractivity contribution in [3.05, 3.63) is 109 Å². The van der Waals surface area contributed by atoms with E-state index in [1.165, 1.54) is 70.6 Å². The molecule has 0 radical (unpaired) electrons. The van der Waals surface area contributed by atoms with Crippen molar-refractivity contribution in [3.63, 3.8) is 0 Å². The van der Waals surface area contributed by atoms with E-state index in [1.54, 1.807) is 0 Å². The van der Waals surface area contributed by atoms with Crippen molar-refractivity contribution in [2.75, 3.05) is 13.2 Å². The number of carbonyl (C=O) groups is 3. The molecule has 0 fully saturated rings. The molecule has 1 atom stereocenters. The Balaban J connectivity index is 4.50. The van der Waals surface area contributed by atoms with Gasteiger partial charge in [0.25, 0.3) is 0 Å². The van der Waals surface area contributed by atoms with Crippen LogP contribution in [0.5, 0.6) is 0 Å². The second-order valence-corrected chi connectivity index (χ2v) is 17.9. The van der Waals surface area contributed by atoms with Crippen molar-refractivity contribution in [2.45, 2.75) is 245 Å². The molecule has 0 heterocycles. The molecular weight excluding hydrogens is 829 g/mol. The van der Waals surface area contributed by atoms with E-state index >= 15 is 0 Å². The first kappa shape index (κ1) is 63.1. The SMILES string of the molecule is CC\C=C/C=C\C=C/CCCCCCCC(=O)OCC(COC(=O)CCCCCCC\C=C/C=C\C=C/C=C\CCCCC)OC(=O)CCCCCCC/C=C\C=C/CCCCCCCCC. The number of rotatable bonds is 48. The van der Waals surface area contributed by atoms with E-state index in [-0.39, 0.29) is 31.1 Å². The quantitative estimate of drug-likeness (QED) is 0.0262. The third-order valence-corrected chi connectivity index (χ3v) is 11.4. The van der Waals surface area contributed by atoms with E-state index in [2.05, 4.69) is 130 Å². The Bertz CT molecular complexity index is 1390. The van der Waals surface area contributed by atoms with Gasteiger partial charge in [-0.25, -0.2) is 0 Å². The van der Waals surface area contributed by atoms with Gasteiger partial charge in [0.1, 0.15) is 13.2 Å². The van der Waals surface area contributed by atoms with Gasteiger partial charge in [-0.1, -0.05) is 239 Å². The van der Waals surface area contributed by atoms with Crippen molar-refractivity contribution in [1.29, 1.82) is 0 Å². The summed E-state index contributed by atoms with van der Waals surface area (Å²) in [6.45, 7) is 6.41. The summed E-state index contributed by atoms with van der Waals surface area (Å²) in [4.78, 5) is 38.1. The van der Waals surface area contributed by atoms with Crippen molar-refractivity contribution in [3.8, 4) is 0 Å². The highest BCUT2D eigenvalue weighted by Gasteiger charge is 2.19. The van der Waals surface area contributed by atoms with Gasteiger partial charge >= 0.3 is 17.9 Å². The van der Waals surface area contributed by atoms with Crippen molar-refractivity contribution >= 4 is 17.9 Å². The topological polar surface area (TPSA) is 78.9 Å². The fraction of sp³-hybridized carbons (Fsp3) is 0.656. The third kappa shape index (κ3) is 52.9. The van der Waals surface area contributed by atoms with E-state index < -0.39 is 6.10 Å². The molecule has 67 heavy (non-hydrogen) atoms. The van der Waals surface area contributed by atoms with Gasteiger partial charge in [0.15, 0.2) is 6.10 Å². The second-order valence-electron chi connectivity index (χ2n) is 17.9. The second kappa shape index (κ2) is 54.7. The minimum absolute atomic E-state index is 0.105. The first-order valence-electron chi connectivity index (χ1n) is 27.5. The molecule has 0 N–H and O–H groups in total. The molecule has 0 spiro atoms. The lowest BCUT2D eigenvalue weighted by atomic mass is 10.1. The zero-order valence-corrected chi connectivity index (χ0v) is 43.4. The summed E-state index contributed by atoms with van der Waals surface area (Å²) in [5, 5.41) is 0. The lowest BCUT2D eigenvalue weighted by Gasteiger charge is -2.18. The molecule has 0 aromatic carbocycles. The molecule has 1 unspecified atom stereocenters. The standard InChI is InChI=1S/C61H100O6/c1-4-7-10-13-16-19-22-25-27-29-31-33-36-39-42-45-48-51-54-60(63)66-57-58(56-65-59(62)53-50-47-44-41-38-35-24-21-18-15-12-9-6-3)67-61(64)55-52-49-46-43-40-37-34-32-30-28-26-23-20-17-14-11-8-5-2/h9,12,15-16,18-19,21-22,24-25,27-34,58H,4-8,10-11,13-14,17,20,23,26,35-57H2,1-3H3/b12-9-,18-15-,19-16-,24-21-,25-22-,29-27-,30-28-,33-31-,34-32-. The monoisotopic (exact) mass is 929 g/mol. The maximum absolute atomic E-state index is 12.8. The third-order valence-electron chi connectivity index (χ3n) is 11.4. The van der Waals surface area contributed by atoms with Crippen LogP contribution in [0.3, 0.4) is 0 Å². The molecule has 0 aromatic rings. The van der Waals surface area contributed by atoms with Gasteiger partial charge in [-0.05, 0) is 89.9 Å². The van der Waals surface area contributed by atoms with Gasteiger partial charge in [-0.2, -0.15) is 0 Å². The highest BCUT2D eigenvalue weighted by Crippen LogP contribution is 2.13. The Morgan fingerprint density at radius 3 is 0.955 bits per heavy atom. The zero-order chi connectivity index (χ0) is 48.6. The summed E-state index contributed by atoms with van der Waals surface area (Å²) in [5.41, 5.74) is 0. The molecule has 0 aliphatic carbocycles. The number of carbonyl (C=O) groups excluding carboxylic acids is 3. The highest BCUT2D eigenvalue weighted by molar-refractivity contribution is 5.71. The molecule has 0 aliphatic heterocycles. The molecule has 0 rings (SSSR count). The van der Waals surface area contributed by atoms with Crippen LogP contribution in [0.25, 0.3) is 0 Å². The average molecular weight is 929 g/mol. The molecule has 0 saturated heterocycles. The molecule has 0 amide bonds. The molecular formula is C61H100O6. The van der Waals surface area contributed by atoms with Crippen LogP contribution in [-0.4, -0.2) is 37.2 Å². The fourth-order valence-electron chi connectivity index (χ4n) is 7.27. The normalized spacial score (nSPS) is 12.9. The smallest absolute Gasteiger partial charge is 0.306 e. The predicted molar refractivity (Wildman–Crippen MR) is 288 cm³/mol.